The number of rotatable bonds is 6. The highest BCUT2D eigenvalue weighted by Crippen LogP contribution is 2.20. The van der Waals surface area contributed by atoms with Crippen LogP contribution in [0, 0.1) is 5.82 Å². The van der Waals surface area contributed by atoms with Gasteiger partial charge in [0.1, 0.15) is 5.82 Å². The van der Waals surface area contributed by atoms with E-state index >= 15 is 0 Å². The van der Waals surface area contributed by atoms with E-state index in [4.69, 9.17) is 21.8 Å². The second-order valence-corrected chi connectivity index (χ2v) is 4.02. The van der Waals surface area contributed by atoms with Crippen LogP contribution < -0.4 is 0 Å². The fourth-order valence-electron chi connectivity index (χ4n) is 1.46. The van der Waals surface area contributed by atoms with E-state index in [1.807, 2.05) is 0 Å². The number of carboxylic acids is 2. The van der Waals surface area contributed by atoms with Crippen LogP contribution >= 0.6 is 11.6 Å². The first-order valence-corrected chi connectivity index (χ1v) is 5.36. The normalized spacial score (nSPS) is 10.6. The molecule has 7 heteroatoms. The predicted molar refractivity (Wildman–Crippen MR) is 62.0 cm³/mol. The molecule has 1 aromatic carbocycles. The van der Waals surface area contributed by atoms with Crippen molar-refractivity contribution in [3.63, 3.8) is 0 Å². The first-order chi connectivity index (χ1) is 8.40. The lowest BCUT2D eigenvalue weighted by atomic mass is 10.2. The Kier molecular flexibility index (Phi) is 5.06. The molecule has 0 unspecified atom stereocenters. The minimum Gasteiger partial charge on any atom is -0.480 e. The van der Waals surface area contributed by atoms with Gasteiger partial charge in [-0.1, -0.05) is 23.7 Å². The van der Waals surface area contributed by atoms with Crippen molar-refractivity contribution in [2.75, 3.05) is 13.1 Å². The number of hydrogen-bond acceptors (Lipinski definition) is 3. The quantitative estimate of drug-likeness (QED) is 0.822. The minimum absolute atomic E-state index is 0.0464. The summed E-state index contributed by atoms with van der Waals surface area (Å²) >= 11 is 5.71. The van der Waals surface area contributed by atoms with Crippen LogP contribution in [0.25, 0.3) is 0 Å². The molecule has 1 aromatic rings. The molecule has 2 N–H and O–H groups in total. The molecule has 5 nitrogen and oxygen atoms in total. The van der Waals surface area contributed by atoms with Gasteiger partial charge in [-0.2, -0.15) is 0 Å². The molecule has 0 aliphatic carbocycles. The summed E-state index contributed by atoms with van der Waals surface area (Å²) in [5, 5.41) is 17.2. The lowest BCUT2D eigenvalue weighted by molar-refractivity contribution is -0.142. The number of carboxylic acid groups (broad SMARTS) is 2. The molecule has 0 heterocycles. The molecule has 98 valence electrons. The third-order valence-corrected chi connectivity index (χ3v) is 2.57. The van der Waals surface area contributed by atoms with E-state index in [9.17, 15) is 14.0 Å². The highest BCUT2D eigenvalue weighted by Gasteiger charge is 2.16. The molecule has 0 aromatic heterocycles. The Morgan fingerprint density at radius 2 is 1.78 bits per heavy atom. The van der Waals surface area contributed by atoms with Gasteiger partial charge in [0.25, 0.3) is 0 Å². The van der Waals surface area contributed by atoms with Crippen LogP contribution in [0.2, 0.25) is 5.02 Å². The van der Waals surface area contributed by atoms with Crippen molar-refractivity contribution >= 4 is 23.5 Å². The molecule has 18 heavy (non-hydrogen) atoms. The van der Waals surface area contributed by atoms with Gasteiger partial charge < -0.3 is 10.2 Å². The number of nitrogens with zero attached hydrogens (tertiary/aromatic N) is 1. The molecule has 0 amide bonds. The molecule has 0 fully saturated rings. The molecule has 0 spiro atoms. The zero-order valence-corrected chi connectivity index (χ0v) is 10.0. The molecular weight excluding hydrogens is 265 g/mol. The molecule has 0 aliphatic heterocycles. The summed E-state index contributed by atoms with van der Waals surface area (Å²) in [5.41, 5.74) is 0.346. The van der Waals surface area contributed by atoms with Crippen molar-refractivity contribution in [3.05, 3.63) is 34.6 Å². The number of benzene rings is 1. The maximum atomic E-state index is 13.2. The third-order valence-electron chi connectivity index (χ3n) is 2.14. The van der Waals surface area contributed by atoms with E-state index < -0.39 is 30.8 Å². The molecule has 0 saturated heterocycles. The van der Waals surface area contributed by atoms with Gasteiger partial charge in [0.05, 0.1) is 18.1 Å². The van der Waals surface area contributed by atoms with E-state index in [0.717, 1.165) is 4.90 Å². The Morgan fingerprint density at radius 1 is 1.22 bits per heavy atom. The fourth-order valence-corrected chi connectivity index (χ4v) is 1.65. The largest absolute Gasteiger partial charge is 0.480 e. The number of carbonyl (C=O) groups is 2. The van der Waals surface area contributed by atoms with Gasteiger partial charge >= 0.3 is 11.9 Å². The summed E-state index contributed by atoms with van der Waals surface area (Å²) in [7, 11) is 0. The van der Waals surface area contributed by atoms with E-state index in [0.29, 0.717) is 5.56 Å². The lowest BCUT2D eigenvalue weighted by Gasteiger charge is -2.18. The Labute approximate surface area is 107 Å². The van der Waals surface area contributed by atoms with Crippen molar-refractivity contribution in [1.82, 2.24) is 4.90 Å². The number of aliphatic carboxylic acids is 2. The van der Waals surface area contributed by atoms with Crippen molar-refractivity contribution in [2.45, 2.75) is 6.54 Å². The molecular formula is C11H11ClFNO4. The summed E-state index contributed by atoms with van der Waals surface area (Å²) in [6.07, 6.45) is 0. The van der Waals surface area contributed by atoms with Crippen LogP contribution in [0.4, 0.5) is 4.39 Å². The second-order valence-electron chi connectivity index (χ2n) is 3.65. The molecule has 0 radical (unpaired) electrons. The van der Waals surface area contributed by atoms with Crippen molar-refractivity contribution in [3.8, 4) is 0 Å². The smallest absolute Gasteiger partial charge is 0.317 e. The van der Waals surface area contributed by atoms with Gasteiger partial charge in [0.2, 0.25) is 0 Å². The Morgan fingerprint density at radius 3 is 2.28 bits per heavy atom. The molecule has 0 atom stereocenters. The summed E-state index contributed by atoms with van der Waals surface area (Å²) in [4.78, 5) is 22.3. The first-order valence-electron chi connectivity index (χ1n) is 4.99. The third kappa shape index (κ3) is 4.31. The van der Waals surface area contributed by atoms with Gasteiger partial charge in [-0.3, -0.25) is 14.5 Å². The van der Waals surface area contributed by atoms with Gasteiger partial charge in [-0.05, 0) is 11.6 Å². The highest BCUT2D eigenvalue weighted by atomic mass is 35.5. The Hall–Kier alpha value is -1.66. The monoisotopic (exact) mass is 275 g/mol. The van der Waals surface area contributed by atoms with Crippen LogP contribution in [-0.4, -0.2) is 40.1 Å². The zero-order chi connectivity index (χ0) is 13.7. The van der Waals surface area contributed by atoms with Crippen LogP contribution in [0.5, 0.6) is 0 Å². The molecule has 1 rings (SSSR count). The van der Waals surface area contributed by atoms with Crippen LogP contribution in [-0.2, 0) is 16.1 Å². The first kappa shape index (κ1) is 14.4. The highest BCUT2D eigenvalue weighted by molar-refractivity contribution is 6.31. The van der Waals surface area contributed by atoms with Crippen LogP contribution in [0.1, 0.15) is 5.56 Å². The van der Waals surface area contributed by atoms with Crippen molar-refractivity contribution < 1.29 is 24.2 Å². The summed E-state index contributed by atoms with van der Waals surface area (Å²) in [5.74, 6) is -2.95. The number of hydrogen-bond donors (Lipinski definition) is 2. The Balaban J connectivity index is 2.84. The van der Waals surface area contributed by atoms with Crippen LogP contribution in [0.3, 0.4) is 0 Å². The van der Waals surface area contributed by atoms with E-state index in [2.05, 4.69) is 0 Å². The van der Waals surface area contributed by atoms with Crippen molar-refractivity contribution in [1.29, 1.82) is 0 Å². The molecule has 0 aliphatic rings. The van der Waals surface area contributed by atoms with Gasteiger partial charge in [-0.25, -0.2) is 4.39 Å². The maximum Gasteiger partial charge on any atom is 0.317 e. The predicted octanol–water partition coefficient (Wildman–Crippen LogP) is 1.45. The number of halogens is 2. The summed E-state index contributed by atoms with van der Waals surface area (Å²) < 4.78 is 13.2. The van der Waals surface area contributed by atoms with E-state index in [-0.39, 0.29) is 11.6 Å². The van der Waals surface area contributed by atoms with Gasteiger partial charge in [0.15, 0.2) is 0 Å². The average molecular weight is 276 g/mol. The lowest BCUT2D eigenvalue weighted by Crippen LogP contribution is -2.34. The maximum absolute atomic E-state index is 13.2. The summed E-state index contributed by atoms with van der Waals surface area (Å²) in [6, 6.07) is 4.11. The topological polar surface area (TPSA) is 77.8 Å². The standard InChI is InChI=1S/C11H11ClFNO4/c12-11-7(2-1-3-8(11)13)4-14(5-9(15)16)6-10(17)18/h1-3H,4-6H2,(H,15,16)(H,17,18). The zero-order valence-electron chi connectivity index (χ0n) is 9.27. The molecule has 0 bridgehead atoms. The fraction of sp³-hybridized carbons (Fsp3) is 0.273. The Bertz CT molecular complexity index is 450. The molecule has 0 saturated carbocycles. The summed E-state index contributed by atoms with van der Waals surface area (Å²) in [6.45, 7) is -0.965. The second kappa shape index (κ2) is 6.32. The van der Waals surface area contributed by atoms with Crippen LogP contribution in [0.15, 0.2) is 18.2 Å². The van der Waals surface area contributed by atoms with E-state index in [1.165, 1.54) is 18.2 Å². The average Bonchev–Trinajstić information content (AvgIpc) is 2.23. The minimum atomic E-state index is -1.16. The van der Waals surface area contributed by atoms with Gasteiger partial charge in [-0.15, -0.1) is 0 Å². The SMILES string of the molecule is O=C(O)CN(CC(=O)O)Cc1cccc(F)c1Cl. The van der Waals surface area contributed by atoms with Gasteiger partial charge in [0, 0.05) is 6.54 Å². The van der Waals surface area contributed by atoms with Crippen molar-refractivity contribution in [2.24, 2.45) is 0 Å². The van der Waals surface area contributed by atoms with E-state index in [1.54, 1.807) is 0 Å².